The fourth-order valence-corrected chi connectivity index (χ4v) is 0.548. The standard InChI is InChI=1S/C5H10S/c1-5(2)3-4-6/h3,6H,4H2,1-2H3. The SMILES string of the molecule is CC(C)=CCS. The lowest BCUT2D eigenvalue weighted by Crippen LogP contribution is -1.63. The predicted octanol–water partition coefficient (Wildman–Crippen LogP) is 1.88. The lowest BCUT2D eigenvalue weighted by molar-refractivity contribution is 1.37. The molecule has 0 aromatic heterocycles. The van der Waals surface area contributed by atoms with Gasteiger partial charge in [0.2, 0.25) is 0 Å². The van der Waals surface area contributed by atoms with Crippen LogP contribution in [0.15, 0.2) is 11.6 Å². The monoisotopic (exact) mass is 102 g/mol. The van der Waals surface area contributed by atoms with Crippen LogP contribution in [0.1, 0.15) is 13.8 Å². The van der Waals surface area contributed by atoms with Crippen LogP contribution in [-0.4, -0.2) is 5.75 Å². The molecule has 0 atom stereocenters. The minimum atomic E-state index is 0.863. The number of hydrogen-bond acceptors (Lipinski definition) is 1. The van der Waals surface area contributed by atoms with E-state index in [0.717, 1.165) is 5.75 Å². The Morgan fingerprint density at radius 3 is 2.17 bits per heavy atom. The summed E-state index contributed by atoms with van der Waals surface area (Å²) in [6, 6.07) is 0. The van der Waals surface area contributed by atoms with Crippen molar-refractivity contribution in [2.24, 2.45) is 0 Å². The Bertz CT molecular complexity index is 51.0. The highest BCUT2D eigenvalue weighted by Gasteiger charge is 1.67. The van der Waals surface area contributed by atoms with E-state index in [1.807, 2.05) is 0 Å². The van der Waals surface area contributed by atoms with Crippen LogP contribution < -0.4 is 0 Å². The van der Waals surface area contributed by atoms with Gasteiger partial charge >= 0.3 is 0 Å². The van der Waals surface area contributed by atoms with Crippen molar-refractivity contribution in [3.8, 4) is 0 Å². The average molecular weight is 102 g/mol. The highest BCUT2D eigenvalue weighted by molar-refractivity contribution is 7.80. The zero-order valence-electron chi connectivity index (χ0n) is 4.23. The molecule has 0 saturated heterocycles. The van der Waals surface area contributed by atoms with Crippen LogP contribution in [0.25, 0.3) is 0 Å². The van der Waals surface area contributed by atoms with Gasteiger partial charge in [-0.3, -0.25) is 0 Å². The van der Waals surface area contributed by atoms with Crippen molar-refractivity contribution in [2.75, 3.05) is 5.75 Å². The van der Waals surface area contributed by atoms with Gasteiger partial charge in [0.1, 0.15) is 0 Å². The summed E-state index contributed by atoms with van der Waals surface area (Å²) in [5.41, 5.74) is 1.34. The van der Waals surface area contributed by atoms with Crippen LogP contribution in [0.2, 0.25) is 0 Å². The fourth-order valence-electron chi connectivity index (χ4n) is 0.183. The third kappa shape index (κ3) is 4.09. The maximum absolute atomic E-state index is 3.98. The number of rotatable bonds is 1. The van der Waals surface area contributed by atoms with Gasteiger partial charge in [0.15, 0.2) is 0 Å². The average Bonchev–Trinajstić information content (AvgIpc) is 1.35. The van der Waals surface area contributed by atoms with E-state index in [9.17, 15) is 0 Å². The van der Waals surface area contributed by atoms with Gasteiger partial charge in [-0.2, -0.15) is 12.6 Å². The molecule has 0 aromatic rings. The van der Waals surface area contributed by atoms with E-state index in [1.54, 1.807) is 0 Å². The first-order valence-electron chi connectivity index (χ1n) is 2.01. The van der Waals surface area contributed by atoms with Crippen molar-refractivity contribution in [2.45, 2.75) is 13.8 Å². The Hall–Kier alpha value is 0.0900. The molecule has 1 heteroatoms. The molecule has 0 bridgehead atoms. The quantitative estimate of drug-likeness (QED) is 0.379. The van der Waals surface area contributed by atoms with Gasteiger partial charge in [-0.1, -0.05) is 11.6 Å². The Balaban J connectivity index is 3.14. The molecule has 0 aromatic carbocycles. The second-order valence-corrected chi connectivity index (χ2v) is 1.83. The van der Waals surface area contributed by atoms with Crippen molar-refractivity contribution in [1.29, 1.82) is 0 Å². The molecule has 0 unspecified atom stereocenters. The van der Waals surface area contributed by atoms with Crippen LogP contribution in [0.3, 0.4) is 0 Å². The van der Waals surface area contributed by atoms with Crippen LogP contribution in [0, 0.1) is 0 Å². The van der Waals surface area contributed by atoms with Gasteiger partial charge in [0.25, 0.3) is 0 Å². The number of hydrogen-bond donors (Lipinski definition) is 1. The van der Waals surface area contributed by atoms with E-state index >= 15 is 0 Å². The Kier molecular flexibility index (Phi) is 3.34. The molecule has 0 saturated carbocycles. The van der Waals surface area contributed by atoms with E-state index < -0.39 is 0 Å². The summed E-state index contributed by atoms with van der Waals surface area (Å²) in [6.45, 7) is 4.13. The minimum Gasteiger partial charge on any atom is -0.175 e. The van der Waals surface area contributed by atoms with Crippen molar-refractivity contribution >= 4 is 12.6 Å². The molecule has 0 aliphatic carbocycles. The molecule has 0 nitrogen and oxygen atoms in total. The zero-order valence-corrected chi connectivity index (χ0v) is 5.13. The normalized spacial score (nSPS) is 7.83. The summed E-state index contributed by atoms with van der Waals surface area (Å²) in [6.07, 6.45) is 2.07. The molecule has 0 fully saturated rings. The first-order valence-corrected chi connectivity index (χ1v) is 2.65. The Morgan fingerprint density at radius 1 is 1.67 bits per heavy atom. The molecule has 6 heavy (non-hydrogen) atoms. The molecule has 0 aliphatic rings. The predicted molar refractivity (Wildman–Crippen MR) is 33.3 cm³/mol. The smallest absolute Gasteiger partial charge is 0.00849 e. The van der Waals surface area contributed by atoms with E-state index in [0.29, 0.717) is 0 Å². The van der Waals surface area contributed by atoms with Gasteiger partial charge in [-0.15, -0.1) is 0 Å². The van der Waals surface area contributed by atoms with Crippen molar-refractivity contribution in [1.82, 2.24) is 0 Å². The maximum atomic E-state index is 3.98. The second kappa shape index (κ2) is 3.29. The summed E-state index contributed by atoms with van der Waals surface area (Å²) >= 11 is 3.98. The largest absolute Gasteiger partial charge is 0.175 e. The summed E-state index contributed by atoms with van der Waals surface area (Å²) in [4.78, 5) is 0. The van der Waals surface area contributed by atoms with Crippen LogP contribution in [0.5, 0.6) is 0 Å². The maximum Gasteiger partial charge on any atom is 0.00849 e. The van der Waals surface area contributed by atoms with Crippen LogP contribution >= 0.6 is 12.6 Å². The van der Waals surface area contributed by atoms with E-state index in [-0.39, 0.29) is 0 Å². The van der Waals surface area contributed by atoms with Gasteiger partial charge < -0.3 is 0 Å². The highest BCUT2D eigenvalue weighted by atomic mass is 32.1. The van der Waals surface area contributed by atoms with E-state index in [1.165, 1.54) is 5.57 Å². The molecule has 0 spiro atoms. The molecule has 0 N–H and O–H groups in total. The second-order valence-electron chi connectivity index (χ2n) is 1.46. The first kappa shape index (κ1) is 6.09. The third-order valence-electron chi connectivity index (χ3n) is 0.500. The van der Waals surface area contributed by atoms with Gasteiger partial charge in [-0.25, -0.2) is 0 Å². The molecule has 0 heterocycles. The molecular weight excluding hydrogens is 92.1 g/mol. The molecule has 0 radical (unpaired) electrons. The first-order chi connectivity index (χ1) is 2.77. The number of thiol groups is 1. The van der Waals surface area contributed by atoms with Crippen molar-refractivity contribution in [3.63, 3.8) is 0 Å². The van der Waals surface area contributed by atoms with Gasteiger partial charge in [0.05, 0.1) is 0 Å². The zero-order chi connectivity index (χ0) is 4.99. The number of allylic oxidation sites excluding steroid dienone is 1. The Morgan fingerprint density at radius 2 is 2.17 bits per heavy atom. The van der Waals surface area contributed by atoms with Crippen LogP contribution in [0.4, 0.5) is 0 Å². The summed E-state index contributed by atoms with van der Waals surface area (Å²) in [5.74, 6) is 0.863. The van der Waals surface area contributed by atoms with Crippen LogP contribution in [-0.2, 0) is 0 Å². The molecule has 0 aliphatic heterocycles. The summed E-state index contributed by atoms with van der Waals surface area (Å²) < 4.78 is 0. The van der Waals surface area contributed by atoms with Crippen molar-refractivity contribution in [3.05, 3.63) is 11.6 Å². The molecule has 0 rings (SSSR count). The fraction of sp³-hybridized carbons (Fsp3) is 0.600. The van der Waals surface area contributed by atoms with Crippen molar-refractivity contribution < 1.29 is 0 Å². The summed E-state index contributed by atoms with van der Waals surface area (Å²) in [7, 11) is 0. The summed E-state index contributed by atoms with van der Waals surface area (Å²) in [5, 5.41) is 0. The lowest BCUT2D eigenvalue weighted by Gasteiger charge is -1.79. The van der Waals surface area contributed by atoms with E-state index in [2.05, 4.69) is 32.6 Å². The minimum absolute atomic E-state index is 0.863. The Labute approximate surface area is 44.7 Å². The molecule has 36 valence electrons. The lowest BCUT2D eigenvalue weighted by atomic mass is 10.3. The van der Waals surface area contributed by atoms with E-state index in [4.69, 9.17) is 0 Å². The highest BCUT2D eigenvalue weighted by Crippen LogP contribution is 1.87. The molecular formula is C5H10S. The van der Waals surface area contributed by atoms with Gasteiger partial charge in [0, 0.05) is 5.75 Å². The topological polar surface area (TPSA) is 0 Å². The van der Waals surface area contributed by atoms with Gasteiger partial charge in [-0.05, 0) is 13.8 Å². The molecule has 0 amide bonds. The third-order valence-corrected chi connectivity index (χ3v) is 0.682.